The minimum absolute atomic E-state index is 0.113. The predicted octanol–water partition coefficient (Wildman–Crippen LogP) is 3.43. The molecule has 0 aliphatic heterocycles. The molecule has 0 aliphatic rings. The number of benzene rings is 1. The minimum atomic E-state index is -0.629. The van der Waals surface area contributed by atoms with E-state index >= 15 is 0 Å². The van der Waals surface area contributed by atoms with Gasteiger partial charge in [-0.05, 0) is 18.2 Å². The van der Waals surface area contributed by atoms with Crippen LogP contribution in [0.1, 0.15) is 0 Å². The van der Waals surface area contributed by atoms with Crippen molar-refractivity contribution in [3.8, 4) is 0 Å². The molecule has 0 saturated heterocycles. The fourth-order valence-corrected chi connectivity index (χ4v) is 2.69. The van der Waals surface area contributed by atoms with E-state index in [4.69, 9.17) is 28.9 Å². The molecule has 6 nitrogen and oxygen atoms in total. The second-order valence-electron chi connectivity index (χ2n) is 3.35. The van der Waals surface area contributed by atoms with Crippen molar-refractivity contribution in [1.82, 2.24) is 9.97 Å². The van der Waals surface area contributed by atoms with Crippen molar-refractivity contribution < 1.29 is 4.92 Å². The first-order chi connectivity index (χ1) is 8.99. The van der Waals surface area contributed by atoms with E-state index in [2.05, 4.69) is 9.97 Å². The van der Waals surface area contributed by atoms with E-state index in [1.165, 1.54) is 0 Å². The Kier molecular flexibility index (Phi) is 4.08. The number of anilines is 1. The van der Waals surface area contributed by atoms with Gasteiger partial charge in [-0.1, -0.05) is 35.0 Å². The van der Waals surface area contributed by atoms with Crippen LogP contribution in [0.4, 0.5) is 11.5 Å². The van der Waals surface area contributed by atoms with Crippen LogP contribution in [-0.2, 0) is 0 Å². The molecule has 9 heteroatoms. The number of nitrogens with two attached hydrogens (primary N) is 1. The maximum atomic E-state index is 11.0. The van der Waals surface area contributed by atoms with Gasteiger partial charge in [0.1, 0.15) is 6.33 Å². The molecule has 0 unspecified atom stereocenters. The van der Waals surface area contributed by atoms with Crippen molar-refractivity contribution in [2.45, 2.75) is 9.92 Å². The molecule has 0 atom stereocenters. The molecule has 1 heterocycles. The Balaban J connectivity index is 2.46. The molecular formula is C10H6Cl2N4O2S. The fourth-order valence-electron chi connectivity index (χ4n) is 1.28. The van der Waals surface area contributed by atoms with E-state index in [0.717, 1.165) is 18.1 Å². The van der Waals surface area contributed by atoms with Gasteiger partial charge in [0.2, 0.25) is 5.82 Å². The summed E-state index contributed by atoms with van der Waals surface area (Å²) in [5.74, 6) is -0.194. The molecule has 0 bridgehead atoms. The summed E-state index contributed by atoms with van der Waals surface area (Å²) >= 11 is 12.9. The van der Waals surface area contributed by atoms with Crippen LogP contribution in [0.15, 0.2) is 34.4 Å². The van der Waals surface area contributed by atoms with Crippen LogP contribution < -0.4 is 5.73 Å². The summed E-state index contributed by atoms with van der Waals surface area (Å²) in [4.78, 5) is 18.3. The molecule has 0 saturated carbocycles. The SMILES string of the molecule is Nc1ncnc(Sc2cc(Cl)ccc2Cl)c1[N+](=O)[O-]. The molecule has 19 heavy (non-hydrogen) atoms. The smallest absolute Gasteiger partial charge is 0.343 e. The number of halogens is 2. The molecular weight excluding hydrogens is 311 g/mol. The summed E-state index contributed by atoms with van der Waals surface area (Å²) in [6.07, 6.45) is 1.16. The normalized spacial score (nSPS) is 10.4. The van der Waals surface area contributed by atoms with Gasteiger partial charge >= 0.3 is 5.69 Å². The lowest BCUT2D eigenvalue weighted by molar-refractivity contribution is -0.387. The maximum absolute atomic E-state index is 11.0. The van der Waals surface area contributed by atoms with E-state index in [9.17, 15) is 10.1 Å². The molecule has 98 valence electrons. The monoisotopic (exact) mass is 316 g/mol. The highest BCUT2D eigenvalue weighted by molar-refractivity contribution is 7.99. The second-order valence-corrected chi connectivity index (χ2v) is 5.22. The molecule has 1 aromatic carbocycles. The van der Waals surface area contributed by atoms with Gasteiger partial charge in [-0.3, -0.25) is 10.1 Å². The molecule has 2 N–H and O–H groups in total. The highest BCUT2D eigenvalue weighted by Crippen LogP contribution is 2.39. The zero-order valence-electron chi connectivity index (χ0n) is 9.21. The first-order valence-corrected chi connectivity index (χ1v) is 6.44. The highest BCUT2D eigenvalue weighted by atomic mass is 35.5. The van der Waals surface area contributed by atoms with Crippen LogP contribution in [0.5, 0.6) is 0 Å². The van der Waals surface area contributed by atoms with Gasteiger partial charge in [-0.25, -0.2) is 9.97 Å². The van der Waals surface area contributed by atoms with Crippen molar-refractivity contribution in [2.24, 2.45) is 0 Å². The van der Waals surface area contributed by atoms with Crippen LogP contribution >= 0.6 is 35.0 Å². The molecule has 2 rings (SSSR count). The zero-order valence-corrected chi connectivity index (χ0v) is 11.5. The van der Waals surface area contributed by atoms with Crippen LogP contribution in [0.25, 0.3) is 0 Å². The number of rotatable bonds is 3. The van der Waals surface area contributed by atoms with Crippen molar-refractivity contribution in [3.05, 3.63) is 44.7 Å². The van der Waals surface area contributed by atoms with Gasteiger partial charge in [0, 0.05) is 9.92 Å². The fraction of sp³-hybridized carbons (Fsp3) is 0. The number of nitrogens with zero attached hydrogens (tertiary/aromatic N) is 3. The minimum Gasteiger partial charge on any atom is -0.378 e. The third-order valence-corrected chi connectivity index (χ3v) is 3.83. The van der Waals surface area contributed by atoms with Gasteiger partial charge in [0.15, 0.2) is 5.03 Å². The van der Waals surface area contributed by atoms with Crippen molar-refractivity contribution in [3.63, 3.8) is 0 Å². The Bertz CT molecular complexity index is 653. The lowest BCUT2D eigenvalue weighted by atomic mass is 10.4. The van der Waals surface area contributed by atoms with Gasteiger partial charge in [-0.15, -0.1) is 0 Å². The topological polar surface area (TPSA) is 94.9 Å². The molecule has 0 radical (unpaired) electrons. The van der Waals surface area contributed by atoms with Gasteiger partial charge in [0.25, 0.3) is 0 Å². The van der Waals surface area contributed by atoms with Crippen LogP contribution in [0.2, 0.25) is 10.0 Å². The third kappa shape index (κ3) is 3.06. The molecule has 0 fully saturated rings. The Labute approximate surface area is 122 Å². The Morgan fingerprint density at radius 2 is 2.05 bits per heavy atom. The van der Waals surface area contributed by atoms with E-state index in [0.29, 0.717) is 14.9 Å². The maximum Gasteiger partial charge on any atom is 0.343 e. The quantitative estimate of drug-likeness (QED) is 0.529. The third-order valence-electron chi connectivity index (χ3n) is 2.10. The Morgan fingerprint density at radius 3 is 2.74 bits per heavy atom. The van der Waals surface area contributed by atoms with Gasteiger partial charge < -0.3 is 5.73 Å². The van der Waals surface area contributed by atoms with Crippen LogP contribution in [0, 0.1) is 10.1 Å². The van der Waals surface area contributed by atoms with E-state index in [-0.39, 0.29) is 16.5 Å². The average Bonchev–Trinajstić information content (AvgIpc) is 2.33. The predicted molar refractivity (Wildman–Crippen MR) is 73.7 cm³/mol. The molecule has 0 amide bonds. The van der Waals surface area contributed by atoms with E-state index < -0.39 is 4.92 Å². The summed E-state index contributed by atoms with van der Waals surface area (Å²) in [5.41, 5.74) is 5.13. The number of hydrogen-bond acceptors (Lipinski definition) is 6. The summed E-state index contributed by atoms with van der Waals surface area (Å²) in [6.45, 7) is 0. The molecule has 0 aliphatic carbocycles. The zero-order chi connectivity index (χ0) is 14.0. The number of aromatic nitrogens is 2. The molecule has 2 aromatic rings. The largest absolute Gasteiger partial charge is 0.378 e. The first kappa shape index (κ1) is 13.9. The summed E-state index contributed by atoms with van der Waals surface area (Å²) in [5, 5.41) is 12.0. The Hall–Kier alpha value is -1.57. The lowest BCUT2D eigenvalue weighted by Gasteiger charge is -2.05. The first-order valence-electron chi connectivity index (χ1n) is 4.87. The van der Waals surface area contributed by atoms with E-state index in [1.807, 2.05) is 0 Å². The van der Waals surface area contributed by atoms with E-state index in [1.54, 1.807) is 18.2 Å². The number of nitro groups is 1. The molecule has 0 spiro atoms. The van der Waals surface area contributed by atoms with Crippen LogP contribution in [-0.4, -0.2) is 14.9 Å². The van der Waals surface area contributed by atoms with Gasteiger partial charge in [0.05, 0.1) is 9.95 Å². The number of nitrogen functional groups attached to an aromatic ring is 1. The van der Waals surface area contributed by atoms with Crippen molar-refractivity contribution >= 4 is 46.5 Å². The number of hydrogen-bond donors (Lipinski definition) is 1. The summed E-state index contributed by atoms with van der Waals surface area (Å²) in [6, 6.07) is 4.82. The average molecular weight is 317 g/mol. The lowest BCUT2D eigenvalue weighted by Crippen LogP contribution is -2.01. The van der Waals surface area contributed by atoms with Crippen molar-refractivity contribution in [2.75, 3.05) is 5.73 Å². The van der Waals surface area contributed by atoms with Crippen LogP contribution in [0.3, 0.4) is 0 Å². The Morgan fingerprint density at radius 1 is 1.32 bits per heavy atom. The highest BCUT2D eigenvalue weighted by Gasteiger charge is 2.22. The summed E-state index contributed by atoms with van der Waals surface area (Å²) < 4.78 is 0. The second kappa shape index (κ2) is 5.60. The van der Waals surface area contributed by atoms with Gasteiger partial charge in [-0.2, -0.15) is 0 Å². The molecule has 1 aromatic heterocycles. The standard InChI is InChI=1S/C10H6Cl2N4O2S/c11-5-1-2-6(12)7(3-5)19-10-8(16(17)18)9(13)14-4-15-10/h1-4H,(H2,13,14,15). The summed E-state index contributed by atoms with van der Waals surface area (Å²) in [7, 11) is 0. The van der Waals surface area contributed by atoms with Crippen molar-refractivity contribution in [1.29, 1.82) is 0 Å².